The van der Waals surface area contributed by atoms with Gasteiger partial charge >= 0.3 is 5.97 Å². The molecular formula is C26H42O5S. The maximum absolute atomic E-state index is 12.3. The maximum atomic E-state index is 12.3. The number of cyclic esters (lactones) is 1. The van der Waals surface area contributed by atoms with E-state index in [0.29, 0.717) is 6.42 Å². The van der Waals surface area contributed by atoms with Crippen LogP contribution in [0, 0.1) is 12.8 Å². The molecule has 0 bridgehead atoms. The Morgan fingerprint density at radius 3 is 1.97 bits per heavy atom. The van der Waals surface area contributed by atoms with Crippen LogP contribution in [0.3, 0.4) is 0 Å². The first-order valence-corrected chi connectivity index (χ1v) is 14.0. The minimum Gasteiger partial charge on any atom is -0.460 e. The predicted octanol–water partition coefficient (Wildman–Crippen LogP) is 6.72. The molecule has 0 aromatic heterocycles. The number of esters is 1. The maximum Gasteiger partial charge on any atom is 0.309 e. The van der Waals surface area contributed by atoms with Gasteiger partial charge in [0.15, 0.2) is 0 Å². The Kier molecular flexibility index (Phi) is 12.3. The van der Waals surface area contributed by atoms with Crippen LogP contribution in [0.5, 0.6) is 0 Å². The van der Waals surface area contributed by atoms with Gasteiger partial charge in [-0.1, -0.05) is 102 Å². The zero-order valence-corrected chi connectivity index (χ0v) is 20.8. The minimum atomic E-state index is -3.83. The summed E-state index contributed by atoms with van der Waals surface area (Å²) < 4.78 is 35.1. The summed E-state index contributed by atoms with van der Waals surface area (Å²) in [6, 6.07) is 6.52. The lowest BCUT2D eigenvalue weighted by atomic mass is 9.97. The summed E-state index contributed by atoms with van der Waals surface area (Å²) >= 11 is 0. The van der Waals surface area contributed by atoms with Crippen LogP contribution in [0.2, 0.25) is 0 Å². The van der Waals surface area contributed by atoms with E-state index in [-0.39, 0.29) is 23.4 Å². The Hall–Kier alpha value is -1.40. The average Bonchev–Trinajstić information content (AvgIpc) is 3.13. The first-order valence-electron chi connectivity index (χ1n) is 12.6. The summed E-state index contributed by atoms with van der Waals surface area (Å²) in [6.45, 7) is 4.03. The molecule has 0 aliphatic carbocycles. The number of carbonyl (C=O) groups is 1. The largest absolute Gasteiger partial charge is 0.460 e. The highest BCUT2D eigenvalue weighted by atomic mass is 32.2. The molecule has 1 saturated heterocycles. The lowest BCUT2D eigenvalue weighted by Crippen LogP contribution is -2.18. The Labute approximate surface area is 195 Å². The van der Waals surface area contributed by atoms with Gasteiger partial charge in [0, 0.05) is 0 Å². The molecule has 0 N–H and O–H groups in total. The molecule has 1 aliphatic rings. The summed E-state index contributed by atoms with van der Waals surface area (Å²) in [5.41, 5.74) is 0.981. The van der Waals surface area contributed by atoms with Crippen LogP contribution in [0.15, 0.2) is 29.2 Å². The highest BCUT2D eigenvalue weighted by molar-refractivity contribution is 7.86. The standard InChI is InChI=1S/C26H42O5S/c1-3-4-5-6-7-8-9-10-11-12-13-14-15-23-20-24(31-26(23)27)21-30-32(28,29)25-18-16-22(2)17-19-25/h16-19,23-24H,3-15,20-21H2,1-2H3/t23-,24-/m0/s1. The van der Waals surface area contributed by atoms with Crippen LogP contribution in [0.1, 0.15) is 102 Å². The van der Waals surface area contributed by atoms with Gasteiger partial charge in [0.25, 0.3) is 10.1 Å². The molecule has 1 heterocycles. The monoisotopic (exact) mass is 466 g/mol. The van der Waals surface area contributed by atoms with E-state index in [2.05, 4.69) is 6.92 Å². The molecule has 2 atom stereocenters. The Morgan fingerprint density at radius 2 is 1.41 bits per heavy atom. The summed E-state index contributed by atoms with van der Waals surface area (Å²) in [5.74, 6) is -0.344. The molecule has 1 aromatic carbocycles. The van der Waals surface area contributed by atoms with Gasteiger partial charge in [0.2, 0.25) is 0 Å². The highest BCUT2D eigenvalue weighted by Gasteiger charge is 2.35. The number of hydrogen-bond donors (Lipinski definition) is 0. The van der Waals surface area contributed by atoms with Gasteiger partial charge < -0.3 is 4.74 Å². The number of rotatable bonds is 17. The van der Waals surface area contributed by atoms with E-state index in [9.17, 15) is 13.2 Å². The Bertz CT molecular complexity index is 757. The summed E-state index contributed by atoms with van der Waals surface area (Å²) in [6.07, 6.45) is 16.4. The molecule has 182 valence electrons. The first kappa shape index (κ1) is 26.8. The topological polar surface area (TPSA) is 69.7 Å². The van der Waals surface area contributed by atoms with Gasteiger partial charge in [0.05, 0.1) is 10.8 Å². The van der Waals surface area contributed by atoms with Crippen LogP contribution >= 0.6 is 0 Å². The van der Waals surface area contributed by atoms with E-state index in [0.717, 1.165) is 24.8 Å². The minimum absolute atomic E-state index is 0.114. The third-order valence-electron chi connectivity index (χ3n) is 6.29. The van der Waals surface area contributed by atoms with Crippen LogP contribution in [0.25, 0.3) is 0 Å². The summed E-state index contributed by atoms with van der Waals surface area (Å²) in [5, 5.41) is 0. The molecule has 6 heteroatoms. The molecule has 1 aliphatic heterocycles. The number of hydrogen-bond acceptors (Lipinski definition) is 5. The van der Waals surface area contributed by atoms with E-state index < -0.39 is 16.2 Å². The molecule has 0 spiro atoms. The van der Waals surface area contributed by atoms with Gasteiger partial charge in [-0.2, -0.15) is 8.42 Å². The van der Waals surface area contributed by atoms with Crippen molar-refractivity contribution in [2.75, 3.05) is 6.61 Å². The third kappa shape index (κ3) is 10.0. The van der Waals surface area contributed by atoms with Gasteiger partial charge in [-0.25, -0.2) is 0 Å². The van der Waals surface area contributed by atoms with Gasteiger partial charge in [-0.05, 0) is 31.9 Å². The quantitative estimate of drug-likeness (QED) is 0.145. The molecule has 1 fully saturated rings. The Morgan fingerprint density at radius 1 is 0.875 bits per heavy atom. The molecule has 0 radical (unpaired) electrons. The van der Waals surface area contributed by atoms with Gasteiger partial charge in [-0.15, -0.1) is 0 Å². The van der Waals surface area contributed by atoms with Crippen molar-refractivity contribution in [3.05, 3.63) is 29.8 Å². The number of aryl methyl sites for hydroxylation is 1. The van der Waals surface area contributed by atoms with E-state index in [1.807, 2.05) is 6.92 Å². The molecule has 2 rings (SSSR count). The number of ether oxygens (including phenoxy) is 1. The molecule has 0 saturated carbocycles. The first-order chi connectivity index (χ1) is 15.4. The predicted molar refractivity (Wildman–Crippen MR) is 128 cm³/mol. The fourth-order valence-electron chi connectivity index (χ4n) is 4.23. The molecule has 1 aromatic rings. The smallest absolute Gasteiger partial charge is 0.309 e. The van der Waals surface area contributed by atoms with Crippen LogP contribution in [-0.4, -0.2) is 27.1 Å². The van der Waals surface area contributed by atoms with E-state index >= 15 is 0 Å². The van der Waals surface area contributed by atoms with Crippen molar-refractivity contribution in [2.24, 2.45) is 5.92 Å². The summed E-state index contributed by atoms with van der Waals surface area (Å²) in [4.78, 5) is 12.2. The normalized spacial score (nSPS) is 18.8. The molecule has 32 heavy (non-hydrogen) atoms. The zero-order valence-electron chi connectivity index (χ0n) is 20.0. The Balaban J connectivity index is 1.53. The zero-order chi connectivity index (χ0) is 23.2. The van der Waals surface area contributed by atoms with Crippen molar-refractivity contribution < 1.29 is 22.1 Å². The second-order valence-electron chi connectivity index (χ2n) is 9.22. The average molecular weight is 467 g/mol. The molecule has 5 nitrogen and oxygen atoms in total. The van der Waals surface area contributed by atoms with Crippen molar-refractivity contribution in [1.29, 1.82) is 0 Å². The van der Waals surface area contributed by atoms with Crippen LogP contribution in [-0.2, 0) is 23.8 Å². The molecule has 0 amide bonds. The highest BCUT2D eigenvalue weighted by Crippen LogP contribution is 2.27. The third-order valence-corrected chi connectivity index (χ3v) is 7.58. The summed E-state index contributed by atoms with van der Waals surface area (Å²) in [7, 11) is -3.83. The lowest BCUT2D eigenvalue weighted by Gasteiger charge is -2.10. The lowest BCUT2D eigenvalue weighted by molar-refractivity contribution is -0.145. The molecule has 0 unspecified atom stereocenters. The van der Waals surface area contributed by atoms with Gasteiger partial charge in [0.1, 0.15) is 12.7 Å². The van der Waals surface area contributed by atoms with E-state index in [1.54, 1.807) is 12.1 Å². The number of carbonyl (C=O) groups excluding carboxylic acids is 1. The van der Waals surface area contributed by atoms with Crippen molar-refractivity contribution in [2.45, 2.75) is 115 Å². The fraction of sp³-hybridized carbons (Fsp3) is 0.731. The second-order valence-corrected chi connectivity index (χ2v) is 10.8. The number of benzene rings is 1. The number of unbranched alkanes of at least 4 members (excludes halogenated alkanes) is 11. The van der Waals surface area contributed by atoms with Crippen LogP contribution in [0.4, 0.5) is 0 Å². The van der Waals surface area contributed by atoms with Crippen molar-refractivity contribution >= 4 is 16.1 Å². The second kappa shape index (κ2) is 14.7. The van der Waals surface area contributed by atoms with Crippen LogP contribution < -0.4 is 0 Å². The molecular weight excluding hydrogens is 424 g/mol. The SMILES string of the molecule is CCCCCCCCCCCCCC[C@H]1C[C@@H](COS(=O)(=O)c2ccc(C)cc2)OC1=O. The van der Waals surface area contributed by atoms with E-state index in [4.69, 9.17) is 8.92 Å². The van der Waals surface area contributed by atoms with Gasteiger partial charge in [-0.3, -0.25) is 8.98 Å². The van der Waals surface area contributed by atoms with Crippen molar-refractivity contribution in [3.63, 3.8) is 0 Å². The van der Waals surface area contributed by atoms with E-state index in [1.165, 1.54) is 76.3 Å². The fourth-order valence-corrected chi connectivity index (χ4v) is 5.17. The van der Waals surface area contributed by atoms with Crippen molar-refractivity contribution in [1.82, 2.24) is 0 Å². The van der Waals surface area contributed by atoms with Crippen molar-refractivity contribution in [3.8, 4) is 0 Å².